The fourth-order valence-corrected chi connectivity index (χ4v) is 2.74. The zero-order valence-corrected chi connectivity index (χ0v) is 10.5. The summed E-state index contributed by atoms with van der Waals surface area (Å²) in [5.41, 5.74) is -4.91. The average Bonchev–Trinajstić information content (AvgIpc) is 2.02. The first-order valence-corrected chi connectivity index (χ1v) is 6.29. The number of hydrogen-bond acceptors (Lipinski definition) is 3. The zero-order valence-electron chi connectivity index (χ0n) is 7.98. The van der Waals surface area contributed by atoms with Crippen molar-refractivity contribution in [2.24, 2.45) is 0 Å². The Kier molecular flexibility index (Phi) is 5.24. The molecule has 0 N–H and O–H groups in total. The third kappa shape index (κ3) is 3.15. The van der Waals surface area contributed by atoms with E-state index >= 15 is 0 Å². The van der Waals surface area contributed by atoms with Crippen molar-refractivity contribution in [2.45, 2.75) is 24.3 Å². The van der Waals surface area contributed by atoms with Crippen LogP contribution in [-0.4, -0.2) is 23.7 Å². The van der Waals surface area contributed by atoms with Gasteiger partial charge < -0.3 is 9.05 Å². The Hall–Kier alpha value is 0.350. The van der Waals surface area contributed by atoms with Crippen LogP contribution in [-0.2, 0) is 13.6 Å². The number of rotatable bonds is 6. The molecule has 0 spiro atoms. The second-order valence-corrected chi connectivity index (χ2v) is 5.44. The van der Waals surface area contributed by atoms with Crippen LogP contribution in [0.25, 0.3) is 0 Å². The second kappa shape index (κ2) is 5.12. The van der Waals surface area contributed by atoms with E-state index in [1.165, 1.54) is 29.8 Å². The molecule has 0 bridgehead atoms. The highest BCUT2D eigenvalue weighted by molar-refractivity contribution is 9.10. The summed E-state index contributed by atoms with van der Waals surface area (Å²) < 4.78 is 70.7. The van der Waals surface area contributed by atoms with Gasteiger partial charge in [0.2, 0.25) is 0 Å². The summed E-state index contributed by atoms with van der Waals surface area (Å²) in [6.45, 7) is 1.65. The second-order valence-electron chi connectivity index (χ2n) is 2.37. The molecular formula is C6H10BrF4O3P. The lowest BCUT2D eigenvalue weighted by molar-refractivity contribution is -0.104. The topological polar surface area (TPSA) is 35.5 Å². The molecule has 15 heavy (non-hydrogen) atoms. The van der Waals surface area contributed by atoms with Crippen molar-refractivity contribution >= 4 is 23.5 Å². The number of alkyl halides is 5. The molecule has 3 nitrogen and oxygen atoms in total. The van der Waals surface area contributed by atoms with E-state index in [1.807, 2.05) is 0 Å². The largest absolute Gasteiger partial charge is 0.417 e. The van der Waals surface area contributed by atoms with E-state index in [0.717, 1.165) is 0 Å². The molecule has 0 atom stereocenters. The molecule has 0 fully saturated rings. The first-order valence-electron chi connectivity index (χ1n) is 3.96. The van der Waals surface area contributed by atoms with Crippen molar-refractivity contribution in [2.75, 3.05) is 13.2 Å². The first-order chi connectivity index (χ1) is 6.62. The zero-order chi connectivity index (χ0) is 12.3. The summed E-state index contributed by atoms with van der Waals surface area (Å²) >= 11 is 1.46. The molecule has 0 saturated carbocycles. The van der Waals surface area contributed by atoms with Crippen LogP contribution >= 0.6 is 23.5 Å². The smallest absolute Gasteiger partial charge is 0.305 e. The predicted molar refractivity (Wildman–Crippen MR) is 49.7 cm³/mol. The Morgan fingerprint density at radius 2 is 1.47 bits per heavy atom. The molecular weight excluding hydrogens is 307 g/mol. The Balaban J connectivity index is 5.16. The maximum absolute atomic E-state index is 13.0. The van der Waals surface area contributed by atoms with Crippen LogP contribution in [0.15, 0.2) is 0 Å². The van der Waals surface area contributed by atoms with Crippen molar-refractivity contribution < 1.29 is 31.2 Å². The van der Waals surface area contributed by atoms with Gasteiger partial charge in [0.15, 0.2) is 0 Å². The van der Waals surface area contributed by atoms with Crippen molar-refractivity contribution in [1.82, 2.24) is 0 Å². The van der Waals surface area contributed by atoms with Crippen LogP contribution in [0.5, 0.6) is 0 Å². The van der Waals surface area contributed by atoms with Gasteiger partial charge in [-0.25, -0.2) is 0 Å². The highest BCUT2D eigenvalue weighted by Gasteiger charge is 2.69. The summed E-state index contributed by atoms with van der Waals surface area (Å²) in [4.78, 5) is -4.65. The molecule has 0 aliphatic carbocycles. The van der Waals surface area contributed by atoms with Gasteiger partial charge in [-0.2, -0.15) is 17.6 Å². The number of halogens is 5. The third-order valence-electron chi connectivity index (χ3n) is 1.28. The molecule has 0 saturated heterocycles. The van der Waals surface area contributed by atoms with E-state index < -0.39 is 31.3 Å². The van der Waals surface area contributed by atoms with Crippen LogP contribution in [0.1, 0.15) is 13.8 Å². The molecule has 0 rings (SSSR count). The Morgan fingerprint density at radius 1 is 1.13 bits per heavy atom. The normalized spacial score (nSPS) is 14.3. The van der Waals surface area contributed by atoms with E-state index in [0.29, 0.717) is 0 Å². The maximum atomic E-state index is 13.0. The van der Waals surface area contributed by atoms with Crippen LogP contribution in [0.2, 0.25) is 0 Å². The number of hydrogen-bond donors (Lipinski definition) is 0. The van der Waals surface area contributed by atoms with E-state index in [1.54, 1.807) is 0 Å². The van der Waals surface area contributed by atoms with Gasteiger partial charge in [-0.15, -0.1) is 0 Å². The van der Waals surface area contributed by atoms with Crippen molar-refractivity contribution in [3.05, 3.63) is 0 Å². The van der Waals surface area contributed by atoms with Gasteiger partial charge in [0, 0.05) is 0 Å². The quantitative estimate of drug-likeness (QED) is 0.424. The van der Waals surface area contributed by atoms with Gasteiger partial charge in [0.25, 0.3) is 0 Å². The Bertz CT molecular complexity index is 245. The van der Waals surface area contributed by atoms with Gasteiger partial charge in [-0.1, -0.05) is 0 Å². The average molecular weight is 317 g/mol. The molecule has 0 aromatic rings. The van der Waals surface area contributed by atoms with E-state index in [9.17, 15) is 22.1 Å². The Morgan fingerprint density at radius 3 is 1.67 bits per heavy atom. The van der Waals surface area contributed by atoms with Crippen molar-refractivity contribution in [3.63, 3.8) is 0 Å². The van der Waals surface area contributed by atoms with Gasteiger partial charge in [0.05, 0.1) is 13.2 Å². The third-order valence-corrected chi connectivity index (χ3v) is 4.25. The van der Waals surface area contributed by atoms with Crippen LogP contribution < -0.4 is 0 Å². The lowest BCUT2D eigenvalue weighted by Gasteiger charge is -2.28. The minimum atomic E-state index is -5.17. The highest BCUT2D eigenvalue weighted by Crippen LogP contribution is 2.68. The van der Waals surface area contributed by atoms with E-state index in [4.69, 9.17) is 0 Å². The van der Waals surface area contributed by atoms with Gasteiger partial charge >= 0.3 is 18.1 Å². The summed E-state index contributed by atoms with van der Waals surface area (Å²) in [5.74, 6) is 0. The summed E-state index contributed by atoms with van der Waals surface area (Å²) in [5, 5.41) is 0. The lowest BCUT2D eigenvalue weighted by Crippen LogP contribution is -2.36. The fourth-order valence-electron chi connectivity index (χ4n) is 0.695. The summed E-state index contributed by atoms with van der Waals surface area (Å²) in [6, 6.07) is 0. The molecule has 0 unspecified atom stereocenters. The van der Waals surface area contributed by atoms with Crippen LogP contribution in [0.4, 0.5) is 17.6 Å². The minimum absolute atomic E-state index is 0.421. The van der Waals surface area contributed by atoms with Crippen molar-refractivity contribution in [1.29, 1.82) is 0 Å². The molecule has 92 valence electrons. The molecule has 0 heterocycles. The maximum Gasteiger partial charge on any atom is 0.417 e. The van der Waals surface area contributed by atoms with Gasteiger partial charge in [0.1, 0.15) is 0 Å². The summed E-state index contributed by atoms with van der Waals surface area (Å²) in [6.07, 6.45) is 0. The fraction of sp³-hybridized carbons (Fsp3) is 1.00. The minimum Gasteiger partial charge on any atom is -0.305 e. The van der Waals surface area contributed by atoms with Gasteiger partial charge in [-0.05, 0) is 29.8 Å². The molecule has 0 aromatic carbocycles. The monoisotopic (exact) mass is 316 g/mol. The predicted octanol–water partition coefficient (Wildman–Crippen LogP) is 3.83. The first kappa shape index (κ1) is 15.3. The van der Waals surface area contributed by atoms with Crippen LogP contribution in [0.3, 0.4) is 0 Å². The molecule has 0 aromatic heterocycles. The molecule has 0 aliphatic rings. The van der Waals surface area contributed by atoms with E-state index in [2.05, 4.69) is 9.05 Å². The molecule has 0 amide bonds. The van der Waals surface area contributed by atoms with Crippen LogP contribution in [0, 0.1) is 0 Å². The van der Waals surface area contributed by atoms with Crippen molar-refractivity contribution in [3.8, 4) is 0 Å². The standard InChI is InChI=1S/C6H10BrF4O3P/c1-3-13-15(12,14-4-2)6(10,11)5(7,8)9/h3-4H2,1-2H3. The summed E-state index contributed by atoms with van der Waals surface area (Å²) in [7, 11) is -5.17. The molecule has 0 radical (unpaired) electrons. The Labute approximate surface area is 92.8 Å². The SMILES string of the molecule is CCOP(=O)(OCC)C(F)(F)C(F)(F)Br. The molecule has 9 heteroatoms. The van der Waals surface area contributed by atoms with E-state index in [-0.39, 0.29) is 0 Å². The molecule has 0 aliphatic heterocycles. The van der Waals surface area contributed by atoms with Gasteiger partial charge in [-0.3, -0.25) is 4.57 Å². The highest BCUT2D eigenvalue weighted by atomic mass is 79.9. The lowest BCUT2D eigenvalue weighted by atomic mass is 10.7.